The van der Waals surface area contributed by atoms with Gasteiger partial charge in [-0.25, -0.2) is 0 Å². The van der Waals surface area contributed by atoms with Crippen molar-refractivity contribution in [2.24, 2.45) is 0 Å². The van der Waals surface area contributed by atoms with Crippen molar-refractivity contribution in [3.63, 3.8) is 0 Å². The molecule has 4 heteroatoms. The average Bonchev–Trinajstić information content (AvgIpc) is 2.41. The van der Waals surface area contributed by atoms with Crippen LogP contribution in [0, 0.1) is 13.8 Å². The predicted octanol–water partition coefficient (Wildman–Crippen LogP) is 3.45. The van der Waals surface area contributed by atoms with Gasteiger partial charge in [0, 0.05) is 11.0 Å². The van der Waals surface area contributed by atoms with Gasteiger partial charge in [0.05, 0.1) is 0 Å². The molecule has 0 spiro atoms. The molecule has 0 aliphatic rings. The molecule has 4 N–H and O–H groups in total. The second-order valence-electron chi connectivity index (χ2n) is 5.91. The van der Waals surface area contributed by atoms with E-state index >= 15 is 0 Å². The summed E-state index contributed by atoms with van der Waals surface area (Å²) in [5.41, 5.74) is 2.30. The fourth-order valence-corrected chi connectivity index (χ4v) is 2.55. The number of hydrogen-bond acceptors (Lipinski definition) is 4. The third-order valence-electron chi connectivity index (χ3n) is 4.02. The Morgan fingerprint density at radius 1 is 0.762 bits per heavy atom. The Balaban J connectivity index is 2.65. The van der Waals surface area contributed by atoms with E-state index in [1.165, 1.54) is 6.07 Å². The van der Waals surface area contributed by atoms with Gasteiger partial charge in [-0.15, -0.1) is 0 Å². The predicted molar refractivity (Wildman–Crippen MR) is 81.1 cm³/mol. The fourth-order valence-electron chi connectivity index (χ4n) is 2.55. The summed E-state index contributed by atoms with van der Waals surface area (Å²) in [4.78, 5) is 0. The first-order chi connectivity index (χ1) is 9.66. The van der Waals surface area contributed by atoms with Crippen molar-refractivity contribution in [3.05, 3.63) is 46.5 Å². The maximum Gasteiger partial charge on any atom is 0.200 e. The van der Waals surface area contributed by atoms with Crippen LogP contribution in [0.25, 0.3) is 0 Å². The summed E-state index contributed by atoms with van der Waals surface area (Å²) in [7, 11) is 0. The van der Waals surface area contributed by atoms with Gasteiger partial charge in [0.15, 0.2) is 11.5 Å². The Morgan fingerprint density at radius 3 is 1.81 bits per heavy atom. The highest BCUT2D eigenvalue weighted by atomic mass is 16.3. The lowest BCUT2D eigenvalue weighted by Crippen LogP contribution is -2.19. The molecule has 0 atom stereocenters. The molecule has 0 bridgehead atoms. The van der Waals surface area contributed by atoms with E-state index in [1.54, 1.807) is 6.07 Å². The number of phenolic OH excluding ortho intramolecular Hbond substituents is 4. The maximum atomic E-state index is 10.1. The monoisotopic (exact) mass is 288 g/mol. The van der Waals surface area contributed by atoms with E-state index in [1.807, 2.05) is 39.8 Å². The summed E-state index contributed by atoms with van der Waals surface area (Å²) in [5.74, 6) is -0.950. The number of aromatic hydroxyl groups is 4. The van der Waals surface area contributed by atoms with E-state index in [9.17, 15) is 20.4 Å². The summed E-state index contributed by atoms with van der Waals surface area (Å²) in [5, 5.41) is 39.1. The molecular formula is C17H20O4. The molecule has 0 aromatic heterocycles. The fraction of sp³-hybridized carbons (Fsp3) is 0.294. The number of rotatable bonds is 2. The van der Waals surface area contributed by atoms with Crippen LogP contribution in [-0.4, -0.2) is 20.4 Å². The van der Waals surface area contributed by atoms with Crippen LogP contribution in [0.3, 0.4) is 0 Å². The topological polar surface area (TPSA) is 80.9 Å². The third-order valence-corrected chi connectivity index (χ3v) is 4.02. The van der Waals surface area contributed by atoms with Gasteiger partial charge in [0.1, 0.15) is 5.75 Å². The van der Waals surface area contributed by atoms with Gasteiger partial charge in [-0.2, -0.15) is 0 Å². The van der Waals surface area contributed by atoms with E-state index in [-0.39, 0.29) is 17.2 Å². The van der Waals surface area contributed by atoms with E-state index in [0.717, 1.165) is 16.7 Å². The highest BCUT2D eigenvalue weighted by molar-refractivity contribution is 5.58. The smallest absolute Gasteiger partial charge is 0.200 e. The number of phenols is 4. The number of hydrogen-bond donors (Lipinski definition) is 4. The summed E-state index contributed by atoms with van der Waals surface area (Å²) < 4.78 is 0. The zero-order chi connectivity index (χ0) is 15.9. The summed E-state index contributed by atoms with van der Waals surface area (Å²) >= 11 is 0. The molecule has 0 unspecified atom stereocenters. The quantitative estimate of drug-likeness (QED) is 0.638. The van der Waals surface area contributed by atoms with Gasteiger partial charge in [-0.1, -0.05) is 32.0 Å². The molecule has 2 rings (SSSR count). The minimum absolute atomic E-state index is 0.257. The molecule has 0 fully saturated rings. The molecule has 0 amide bonds. The molecule has 0 heterocycles. The molecule has 112 valence electrons. The Hall–Kier alpha value is -2.36. The highest BCUT2D eigenvalue weighted by Crippen LogP contribution is 2.45. The zero-order valence-corrected chi connectivity index (χ0v) is 12.6. The molecule has 2 aromatic carbocycles. The standard InChI is InChI=1S/C17H20O4/c1-9-7-11(8-10(2)14(9)19)17(3,4)12-5-6-13(18)16(21)15(12)20/h5-8,18-21H,1-4H3. The van der Waals surface area contributed by atoms with Gasteiger partial charge in [0.25, 0.3) is 0 Å². The van der Waals surface area contributed by atoms with Crippen molar-refractivity contribution in [2.75, 3.05) is 0 Å². The molecule has 0 aliphatic heterocycles. The van der Waals surface area contributed by atoms with E-state index in [4.69, 9.17) is 0 Å². The van der Waals surface area contributed by atoms with Gasteiger partial charge < -0.3 is 20.4 Å². The first-order valence-corrected chi connectivity index (χ1v) is 6.71. The first-order valence-electron chi connectivity index (χ1n) is 6.71. The third kappa shape index (κ3) is 2.37. The highest BCUT2D eigenvalue weighted by Gasteiger charge is 2.29. The minimum atomic E-state index is -0.599. The molecule has 2 aromatic rings. The normalized spacial score (nSPS) is 11.6. The lowest BCUT2D eigenvalue weighted by Gasteiger charge is -2.28. The molecule has 0 radical (unpaired) electrons. The van der Waals surface area contributed by atoms with E-state index < -0.39 is 11.2 Å². The van der Waals surface area contributed by atoms with Crippen molar-refractivity contribution in [2.45, 2.75) is 33.1 Å². The Morgan fingerprint density at radius 2 is 1.29 bits per heavy atom. The average molecular weight is 288 g/mol. The van der Waals surface area contributed by atoms with Crippen molar-refractivity contribution < 1.29 is 20.4 Å². The van der Waals surface area contributed by atoms with Crippen molar-refractivity contribution in [1.82, 2.24) is 0 Å². The molecule has 4 nitrogen and oxygen atoms in total. The van der Waals surface area contributed by atoms with Gasteiger partial charge in [0.2, 0.25) is 5.75 Å². The molecular weight excluding hydrogens is 268 g/mol. The SMILES string of the molecule is Cc1cc(C(C)(C)c2ccc(O)c(O)c2O)cc(C)c1O. The van der Waals surface area contributed by atoms with E-state index in [2.05, 4.69) is 0 Å². The lowest BCUT2D eigenvalue weighted by molar-refractivity contribution is 0.360. The van der Waals surface area contributed by atoms with Crippen LogP contribution in [-0.2, 0) is 5.41 Å². The van der Waals surface area contributed by atoms with Gasteiger partial charge in [-0.05, 0) is 36.6 Å². The van der Waals surface area contributed by atoms with Crippen molar-refractivity contribution in [3.8, 4) is 23.0 Å². The Labute approximate surface area is 123 Å². The van der Waals surface area contributed by atoms with Crippen LogP contribution in [0.1, 0.15) is 36.1 Å². The van der Waals surface area contributed by atoms with Crippen LogP contribution in [0.2, 0.25) is 0 Å². The zero-order valence-electron chi connectivity index (χ0n) is 12.6. The number of aryl methyl sites for hydroxylation is 2. The maximum absolute atomic E-state index is 10.1. The molecule has 21 heavy (non-hydrogen) atoms. The van der Waals surface area contributed by atoms with Gasteiger partial charge >= 0.3 is 0 Å². The minimum Gasteiger partial charge on any atom is -0.507 e. The molecule has 0 saturated heterocycles. The molecule has 0 saturated carbocycles. The number of benzene rings is 2. The lowest BCUT2D eigenvalue weighted by atomic mass is 9.76. The Bertz CT molecular complexity index is 679. The first kappa shape index (κ1) is 15.0. The summed E-state index contributed by atoms with van der Waals surface area (Å²) in [6.45, 7) is 7.44. The van der Waals surface area contributed by atoms with Crippen molar-refractivity contribution >= 4 is 0 Å². The largest absolute Gasteiger partial charge is 0.507 e. The van der Waals surface area contributed by atoms with Crippen LogP contribution in [0.15, 0.2) is 24.3 Å². The second kappa shape index (κ2) is 4.88. The van der Waals surface area contributed by atoms with E-state index in [0.29, 0.717) is 5.56 Å². The van der Waals surface area contributed by atoms with Gasteiger partial charge in [-0.3, -0.25) is 0 Å². The molecule has 0 aliphatic carbocycles. The summed E-state index contributed by atoms with van der Waals surface area (Å²) in [6, 6.07) is 6.64. The van der Waals surface area contributed by atoms with Crippen LogP contribution in [0.5, 0.6) is 23.0 Å². The second-order valence-corrected chi connectivity index (χ2v) is 5.91. The van der Waals surface area contributed by atoms with Crippen molar-refractivity contribution in [1.29, 1.82) is 0 Å². The van der Waals surface area contributed by atoms with Crippen LogP contribution in [0.4, 0.5) is 0 Å². The van der Waals surface area contributed by atoms with Crippen LogP contribution < -0.4 is 0 Å². The van der Waals surface area contributed by atoms with Crippen LogP contribution >= 0.6 is 0 Å². The summed E-state index contributed by atoms with van der Waals surface area (Å²) in [6.07, 6.45) is 0. The Kier molecular flexibility index (Phi) is 3.49.